The third kappa shape index (κ3) is 5.78. The van der Waals surface area contributed by atoms with Crippen molar-refractivity contribution in [2.45, 2.75) is 25.3 Å². The van der Waals surface area contributed by atoms with Crippen molar-refractivity contribution in [1.29, 1.82) is 5.26 Å². The SMILES string of the molecule is N#Cc1ccccc1N1CCN(C(=O)Cc2cccc(O)c2)CC1C=O.O=C1CCc2c(O)cccc21. The van der Waals surface area contributed by atoms with Gasteiger partial charge in [-0.1, -0.05) is 36.4 Å². The lowest BCUT2D eigenvalue weighted by atomic mass is 10.1. The minimum Gasteiger partial charge on any atom is -0.508 e. The van der Waals surface area contributed by atoms with E-state index in [0.29, 0.717) is 42.7 Å². The van der Waals surface area contributed by atoms with Crippen LogP contribution in [0, 0.1) is 11.3 Å². The molecule has 5 rings (SSSR count). The van der Waals surface area contributed by atoms with Crippen LogP contribution in [0.25, 0.3) is 0 Å². The Morgan fingerprint density at radius 1 is 1.03 bits per heavy atom. The third-order valence-corrected chi connectivity index (χ3v) is 6.58. The number of aldehydes is 1. The van der Waals surface area contributed by atoms with Crippen LogP contribution in [0.1, 0.15) is 33.5 Å². The van der Waals surface area contributed by atoms with Crippen molar-refractivity contribution in [2.75, 3.05) is 24.5 Å². The maximum Gasteiger partial charge on any atom is 0.227 e. The van der Waals surface area contributed by atoms with E-state index in [1.807, 2.05) is 17.0 Å². The van der Waals surface area contributed by atoms with Gasteiger partial charge < -0.3 is 24.8 Å². The van der Waals surface area contributed by atoms with Gasteiger partial charge in [-0.2, -0.15) is 5.26 Å². The van der Waals surface area contributed by atoms with Crippen molar-refractivity contribution < 1.29 is 24.6 Å². The number of fused-ring (bicyclic) bond motifs is 1. The number of anilines is 1. The summed E-state index contributed by atoms with van der Waals surface area (Å²) >= 11 is 0. The van der Waals surface area contributed by atoms with Crippen molar-refractivity contribution in [3.8, 4) is 17.6 Å². The highest BCUT2D eigenvalue weighted by molar-refractivity contribution is 6.01. The average molecular weight is 498 g/mol. The third-order valence-electron chi connectivity index (χ3n) is 6.58. The summed E-state index contributed by atoms with van der Waals surface area (Å²) in [4.78, 5) is 38.8. The minimum absolute atomic E-state index is 0.0873. The van der Waals surface area contributed by atoms with Crippen LogP contribution in [-0.4, -0.2) is 58.8 Å². The highest BCUT2D eigenvalue weighted by Crippen LogP contribution is 2.29. The Bertz CT molecular complexity index is 1360. The van der Waals surface area contributed by atoms with E-state index in [9.17, 15) is 29.9 Å². The number of para-hydroxylation sites is 1. The zero-order valence-electron chi connectivity index (χ0n) is 20.2. The van der Waals surface area contributed by atoms with Gasteiger partial charge in [0, 0.05) is 37.2 Å². The number of aromatic hydroxyl groups is 2. The summed E-state index contributed by atoms with van der Waals surface area (Å²) in [7, 11) is 0. The number of amides is 1. The summed E-state index contributed by atoms with van der Waals surface area (Å²) in [6.07, 6.45) is 2.24. The molecule has 1 saturated heterocycles. The topological polar surface area (TPSA) is 122 Å². The molecule has 1 aliphatic heterocycles. The van der Waals surface area contributed by atoms with E-state index < -0.39 is 6.04 Å². The number of nitrogens with zero attached hydrogens (tertiary/aromatic N) is 3. The summed E-state index contributed by atoms with van der Waals surface area (Å²) in [6.45, 7) is 1.23. The van der Waals surface area contributed by atoms with E-state index in [-0.39, 0.29) is 36.2 Å². The maximum atomic E-state index is 12.6. The number of hydrogen-bond acceptors (Lipinski definition) is 7. The molecule has 0 spiro atoms. The molecule has 1 unspecified atom stereocenters. The van der Waals surface area contributed by atoms with Gasteiger partial charge in [0.1, 0.15) is 29.9 Å². The number of piperazine rings is 1. The van der Waals surface area contributed by atoms with E-state index in [2.05, 4.69) is 6.07 Å². The van der Waals surface area contributed by atoms with Gasteiger partial charge in [-0.3, -0.25) is 9.59 Å². The molecule has 0 bridgehead atoms. The Morgan fingerprint density at radius 2 is 1.81 bits per heavy atom. The molecule has 8 heteroatoms. The maximum absolute atomic E-state index is 12.6. The zero-order chi connectivity index (χ0) is 26.4. The fourth-order valence-electron chi connectivity index (χ4n) is 4.70. The Morgan fingerprint density at radius 3 is 2.54 bits per heavy atom. The molecule has 2 N–H and O–H groups in total. The molecule has 1 atom stereocenters. The van der Waals surface area contributed by atoms with E-state index in [1.54, 1.807) is 59.5 Å². The number of rotatable bonds is 4. The first-order chi connectivity index (χ1) is 17.9. The number of ketones is 1. The largest absolute Gasteiger partial charge is 0.508 e. The Kier molecular flexibility index (Phi) is 7.84. The molecule has 188 valence electrons. The number of hydrogen-bond donors (Lipinski definition) is 2. The monoisotopic (exact) mass is 497 g/mol. The van der Waals surface area contributed by atoms with Gasteiger partial charge in [0.05, 0.1) is 17.7 Å². The van der Waals surface area contributed by atoms with Crippen LogP contribution in [-0.2, 0) is 22.4 Å². The first-order valence-corrected chi connectivity index (χ1v) is 12.0. The number of nitriles is 1. The van der Waals surface area contributed by atoms with E-state index in [0.717, 1.165) is 17.4 Å². The molecule has 1 heterocycles. The molecule has 0 aromatic heterocycles. The van der Waals surface area contributed by atoms with Crippen LogP contribution in [0.5, 0.6) is 11.5 Å². The van der Waals surface area contributed by atoms with Gasteiger partial charge in [-0.05, 0) is 42.3 Å². The molecule has 0 saturated carbocycles. The molecule has 3 aromatic carbocycles. The second-order valence-corrected chi connectivity index (χ2v) is 8.94. The lowest BCUT2D eigenvalue weighted by Gasteiger charge is -2.40. The number of benzene rings is 3. The molecule has 1 amide bonds. The van der Waals surface area contributed by atoms with E-state index >= 15 is 0 Å². The lowest BCUT2D eigenvalue weighted by molar-refractivity contribution is -0.131. The van der Waals surface area contributed by atoms with Crippen molar-refractivity contribution in [3.63, 3.8) is 0 Å². The first-order valence-electron chi connectivity index (χ1n) is 12.0. The van der Waals surface area contributed by atoms with Gasteiger partial charge in [0.2, 0.25) is 5.91 Å². The molecule has 1 aliphatic carbocycles. The first kappa shape index (κ1) is 25.5. The average Bonchev–Trinajstić information content (AvgIpc) is 3.30. The van der Waals surface area contributed by atoms with Crippen LogP contribution in [0.2, 0.25) is 0 Å². The zero-order valence-corrected chi connectivity index (χ0v) is 20.2. The summed E-state index contributed by atoms with van der Waals surface area (Å²) in [5, 5.41) is 28.1. The smallest absolute Gasteiger partial charge is 0.227 e. The van der Waals surface area contributed by atoms with Crippen LogP contribution in [0.15, 0.2) is 66.7 Å². The Balaban J connectivity index is 0.000000241. The summed E-state index contributed by atoms with van der Waals surface area (Å²) in [5.74, 6) is 0.443. The summed E-state index contributed by atoms with van der Waals surface area (Å²) in [6, 6.07) is 20.5. The minimum atomic E-state index is -0.494. The Labute approximate surface area is 215 Å². The molecular weight excluding hydrogens is 470 g/mol. The predicted molar refractivity (Wildman–Crippen MR) is 138 cm³/mol. The second kappa shape index (κ2) is 11.4. The van der Waals surface area contributed by atoms with Crippen molar-refractivity contribution >= 4 is 23.7 Å². The number of phenols is 2. The van der Waals surface area contributed by atoms with Crippen LogP contribution >= 0.6 is 0 Å². The number of carbonyl (C=O) groups is 3. The van der Waals surface area contributed by atoms with Crippen LogP contribution in [0.4, 0.5) is 5.69 Å². The van der Waals surface area contributed by atoms with E-state index in [4.69, 9.17) is 0 Å². The molecule has 2 aliphatic rings. The number of carbonyl (C=O) groups excluding carboxylic acids is 3. The second-order valence-electron chi connectivity index (χ2n) is 8.94. The number of Topliss-reactive ketones (excluding diaryl/α,β-unsaturated/α-hetero) is 1. The standard InChI is InChI=1S/C20H19N3O3.C9H8O2/c21-12-16-5-1-2-7-19(16)23-9-8-22(13-17(23)14-24)20(26)11-15-4-3-6-18(25)10-15;10-8-3-1-2-6-7(8)4-5-9(6)11/h1-7,10,14,17,25H,8-9,11,13H2;1-3,10H,4-5H2. The van der Waals surface area contributed by atoms with Gasteiger partial charge >= 0.3 is 0 Å². The Hall–Kier alpha value is -4.64. The highest BCUT2D eigenvalue weighted by atomic mass is 16.3. The van der Waals surface area contributed by atoms with Gasteiger partial charge in [0.15, 0.2) is 5.78 Å². The number of phenolic OH excluding ortho intramolecular Hbond substituents is 2. The van der Waals surface area contributed by atoms with Crippen LogP contribution < -0.4 is 4.90 Å². The molecule has 0 radical (unpaired) electrons. The van der Waals surface area contributed by atoms with Gasteiger partial charge in [-0.15, -0.1) is 0 Å². The molecule has 1 fully saturated rings. The predicted octanol–water partition coefficient (Wildman–Crippen LogP) is 3.24. The molecule has 8 nitrogen and oxygen atoms in total. The summed E-state index contributed by atoms with van der Waals surface area (Å²) < 4.78 is 0. The molecule has 3 aromatic rings. The lowest BCUT2D eigenvalue weighted by Crippen LogP contribution is -2.56. The van der Waals surface area contributed by atoms with Crippen molar-refractivity contribution in [1.82, 2.24) is 4.90 Å². The van der Waals surface area contributed by atoms with Gasteiger partial charge in [0.25, 0.3) is 0 Å². The fourth-order valence-corrected chi connectivity index (χ4v) is 4.70. The van der Waals surface area contributed by atoms with Crippen molar-refractivity contribution in [2.24, 2.45) is 0 Å². The van der Waals surface area contributed by atoms with Gasteiger partial charge in [-0.25, -0.2) is 0 Å². The van der Waals surface area contributed by atoms with Crippen LogP contribution in [0.3, 0.4) is 0 Å². The van der Waals surface area contributed by atoms with Crippen molar-refractivity contribution in [3.05, 3.63) is 89.0 Å². The quantitative estimate of drug-likeness (QED) is 0.531. The highest BCUT2D eigenvalue weighted by Gasteiger charge is 2.30. The molecular formula is C29H27N3O5. The normalized spacial score (nSPS) is 16.3. The molecule has 37 heavy (non-hydrogen) atoms. The fraction of sp³-hybridized carbons (Fsp3) is 0.241. The summed E-state index contributed by atoms with van der Waals surface area (Å²) in [5.41, 5.74) is 3.48. The van der Waals surface area contributed by atoms with E-state index in [1.165, 1.54) is 0 Å².